The first-order chi connectivity index (χ1) is 12.6. The van der Waals surface area contributed by atoms with Crippen LogP contribution in [0, 0.1) is 18.8 Å². The van der Waals surface area contributed by atoms with Gasteiger partial charge in [0, 0.05) is 11.5 Å². The maximum Gasteiger partial charge on any atom is 0.162 e. The van der Waals surface area contributed by atoms with Crippen LogP contribution in [0.5, 0.6) is 0 Å². The molecule has 4 aliphatic rings. The second kappa shape index (κ2) is 5.91. The largest absolute Gasteiger partial charge is 0.466 e. The minimum atomic E-state index is 0.0946. The number of tetrazole rings is 1. The molecule has 0 aliphatic heterocycles. The number of nitrogens with one attached hydrogen (secondary N) is 1. The molecule has 26 heavy (non-hydrogen) atoms. The van der Waals surface area contributed by atoms with Crippen molar-refractivity contribution in [1.29, 1.82) is 0 Å². The summed E-state index contributed by atoms with van der Waals surface area (Å²) in [5.41, 5.74) is 0.355. The van der Waals surface area contributed by atoms with E-state index in [1.165, 1.54) is 32.1 Å². The van der Waals surface area contributed by atoms with Gasteiger partial charge in [0.1, 0.15) is 11.5 Å². The lowest BCUT2D eigenvalue weighted by atomic mass is 9.50. The highest BCUT2D eigenvalue weighted by Gasteiger charge is 2.59. The van der Waals surface area contributed by atoms with E-state index < -0.39 is 0 Å². The molecule has 6 nitrogen and oxygen atoms in total. The third kappa shape index (κ3) is 2.70. The van der Waals surface area contributed by atoms with Crippen LogP contribution in [0.4, 0.5) is 0 Å². The lowest BCUT2D eigenvalue weighted by Crippen LogP contribution is -2.65. The highest BCUT2D eigenvalue weighted by molar-refractivity contribution is 5.13. The molecule has 4 fully saturated rings. The Labute approximate surface area is 154 Å². The summed E-state index contributed by atoms with van der Waals surface area (Å²) in [6, 6.07) is 4.18. The fourth-order valence-electron chi connectivity index (χ4n) is 6.45. The van der Waals surface area contributed by atoms with E-state index in [9.17, 15) is 0 Å². The van der Waals surface area contributed by atoms with Gasteiger partial charge in [-0.3, -0.25) is 0 Å². The summed E-state index contributed by atoms with van der Waals surface area (Å²) in [5, 5.41) is 16.7. The van der Waals surface area contributed by atoms with Gasteiger partial charge in [-0.15, -0.1) is 10.2 Å². The SMILES string of the molecule is Cc1ccc(C(C)CCNC23CC4CC(C2)CC(n2ncnn2)(C4)C3)o1. The van der Waals surface area contributed by atoms with Gasteiger partial charge in [-0.25, -0.2) is 0 Å². The highest BCUT2D eigenvalue weighted by Crippen LogP contribution is 2.60. The predicted molar refractivity (Wildman–Crippen MR) is 97.7 cm³/mol. The van der Waals surface area contributed by atoms with Gasteiger partial charge in [-0.1, -0.05) is 6.92 Å². The Morgan fingerprint density at radius 1 is 1.27 bits per heavy atom. The van der Waals surface area contributed by atoms with Crippen LogP contribution in [0.25, 0.3) is 0 Å². The van der Waals surface area contributed by atoms with E-state index in [2.05, 4.69) is 39.8 Å². The lowest BCUT2D eigenvalue weighted by Gasteiger charge is -2.61. The molecule has 3 unspecified atom stereocenters. The van der Waals surface area contributed by atoms with Crippen molar-refractivity contribution in [2.75, 3.05) is 6.54 Å². The van der Waals surface area contributed by atoms with E-state index in [0.29, 0.717) is 5.92 Å². The van der Waals surface area contributed by atoms with Gasteiger partial charge in [-0.05, 0) is 87.6 Å². The molecule has 0 saturated heterocycles. The Morgan fingerprint density at radius 3 is 2.73 bits per heavy atom. The first-order valence-corrected chi connectivity index (χ1v) is 10.1. The molecule has 4 aliphatic carbocycles. The number of hydrogen-bond donors (Lipinski definition) is 1. The summed E-state index contributed by atoms with van der Waals surface area (Å²) in [6.07, 6.45) is 10.3. The average Bonchev–Trinajstić information content (AvgIpc) is 3.25. The van der Waals surface area contributed by atoms with Crippen molar-refractivity contribution in [3.05, 3.63) is 30.0 Å². The van der Waals surface area contributed by atoms with Crippen LogP contribution in [-0.2, 0) is 5.54 Å². The summed E-state index contributed by atoms with van der Waals surface area (Å²) in [7, 11) is 0. The van der Waals surface area contributed by atoms with Gasteiger partial charge in [0.25, 0.3) is 0 Å². The standard InChI is InChI=1S/C20H29N5O/c1-14(18-4-3-15(2)26-18)5-6-21-19-8-16-7-17(9-19)11-20(10-16,12-19)25-23-13-22-24-25/h3-4,13-14,16-17,21H,5-12H2,1-2H3. The monoisotopic (exact) mass is 355 g/mol. The molecule has 2 aromatic rings. The first kappa shape index (κ1) is 16.5. The lowest BCUT2D eigenvalue weighted by molar-refractivity contribution is -0.0847. The van der Waals surface area contributed by atoms with Gasteiger partial charge in [0.15, 0.2) is 6.33 Å². The van der Waals surface area contributed by atoms with E-state index >= 15 is 0 Å². The van der Waals surface area contributed by atoms with Gasteiger partial charge in [0.05, 0.1) is 5.54 Å². The second-order valence-corrected chi connectivity index (χ2v) is 9.26. The fraction of sp³-hybridized carbons (Fsp3) is 0.750. The Morgan fingerprint density at radius 2 is 2.08 bits per heavy atom. The third-order valence-electron chi connectivity index (χ3n) is 7.13. The van der Waals surface area contributed by atoms with Crippen LogP contribution in [0.3, 0.4) is 0 Å². The highest BCUT2D eigenvalue weighted by atomic mass is 16.3. The van der Waals surface area contributed by atoms with Gasteiger partial charge < -0.3 is 9.73 Å². The molecule has 3 atom stereocenters. The van der Waals surface area contributed by atoms with Gasteiger partial charge >= 0.3 is 0 Å². The van der Waals surface area contributed by atoms with Crippen LogP contribution < -0.4 is 5.32 Å². The van der Waals surface area contributed by atoms with Crippen LogP contribution in [-0.4, -0.2) is 32.3 Å². The van der Waals surface area contributed by atoms with Crippen molar-refractivity contribution in [2.24, 2.45) is 11.8 Å². The molecule has 2 heterocycles. The van der Waals surface area contributed by atoms with E-state index in [4.69, 9.17) is 4.42 Å². The predicted octanol–water partition coefficient (Wildman–Crippen LogP) is 3.41. The molecule has 140 valence electrons. The molecule has 4 bridgehead atoms. The molecule has 1 N–H and O–H groups in total. The topological polar surface area (TPSA) is 68.8 Å². The summed E-state index contributed by atoms with van der Waals surface area (Å²) >= 11 is 0. The molecule has 0 amide bonds. The summed E-state index contributed by atoms with van der Waals surface area (Å²) in [5.74, 6) is 4.18. The third-order valence-corrected chi connectivity index (χ3v) is 7.13. The number of nitrogens with zero attached hydrogens (tertiary/aromatic N) is 4. The zero-order valence-electron chi connectivity index (χ0n) is 15.8. The maximum atomic E-state index is 5.80. The number of hydrogen-bond acceptors (Lipinski definition) is 5. The zero-order chi connectivity index (χ0) is 17.8. The van der Waals surface area contributed by atoms with Crippen molar-refractivity contribution in [1.82, 2.24) is 25.5 Å². The van der Waals surface area contributed by atoms with Crippen LogP contribution in [0.1, 0.15) is 69.3 Å². The van der Waals surface area contributed by atoms with E-state index in [0.717, 1.165) is 42.7 Å². The van der Waals surface area contributed by atoms with Crippen molar-refractivity contribution < 1.29 is 4.42 Å². The van der Waals surface area contributed by atoms with E-state index in [-0.39, 0.29) is 11.1 Å². The molecule has 0 spiro atoms. The summed E-state index contributed by atoms with van der Waals surface area (Å²) in [4.78, 5) is 1.94. The van der Waals surface area contributed by atoms with Gasteiger partial charge in [0.2, 0.25) is 0 Å². The van der Waals surface area contributed by atoms with Crippen LogP contribution >= 0.6 is 0 Å². The Hall–Kier alpha value is -1.69. The smallest absolute Gasteiger partial charge is 0.162 e. The Kier molecular flexibility index (Phi) is 3.75. The van der Waals surface area contributed by atoms with Crippen molar-refractivity contribution >= 4 is 0 Å². The molecule has 2 aromatic heterocycles. The number of aryl methyl sites for hydroxylation is 1. The molecule has 6 heteroatoms. The fourth-order valence-corrected chi connectivity index (χ4v) is 6.45. The van der Waals surface area contributed by atoms with Gasteiger partial charge in [-0.2, -0.15) is 4.80 Å². The van der Waals surface area contributed by atoms with E-state index in [1.54, 1.807) is 6.33 Å². The molecule has 0 radical (unpaired) electrons. The Balaban J connectivity index is 1.28. The number of furan rings is 1. The summed E-state index contributed by atoms with van der Waals surface area (Å²) < 4.78 is 5.80. The molecule has 0 aromatic carbocycles. The normalized spacial score (nSPS) is 36.5. The zero-order valence-corrected chi connectivity index (χ0v) is 15.8. The minimum absolute atomic E-state index is 0.0946. The molecular weight excluding hydrogens is 326 g/mol. The quantitative estimate of drug-likeness (QED) is 0.860. The minimum Gasteiger partial charge on any atom is -0.466 e. The Bertz CT molecular complexity index is 753. The van der Waals surface area contributed by atoms with Crippen LogP contribution in [0.2, 0.25) is 0 Å². The van der Waals surface area contributed by atoms with Crippen molar-refractivity contribution in [3.63, 3.8) is 0 Å². The van der Waals surface area contributed by atoms with Crippen molar-refractivity contribution in [2.45, 2.75) is 75.8 Å². The molecular formula is C20H29N5O. The summed E-state index contributed by atoms with van der Waals surface area (Å²) in [6.45, 7) is 5.32. The number of aromatic nitrogens is 4. The molecule has 4 saturated carbocycles. The number of rotatable bonds is 6. The average molecular weight is 355 g/mol. The second-order valence-electron chi connectivity index (χ2n) is 9.26. The maximum absolute atomic E-state index is 5.80. The molecule has 6 rings (SSSR count). The van der Waals surface area contributed by atoms with Crippen molar-refractivity contribution in [3.8, 4) is 0 Å². The van der Waals surface area contributed by atoms with E-state index in [1.807, 2.05) is 11.7 Å². The van der Waals surface area contributed by atoms with Crippen LogP contribution in [0.15, 0.2) is 22.9 Å². The first-order valence-electron chi connectivity index (χ1n) is 10.1.